The van der Waals surface area contributed by atoms with E-state index in [2.05, 4.69) is 15.4 Å². The van der Waals surface area contributed by atoms with Crippen molar-refractivity contribution in [2.24, 2.45) is 5.73 Å². The molecule has 1 atom stereocenters. The fourth-order valence-corrected chi connectivity index (χ4v) is 1.33. The van der Waals surface area contributed by atoms with Crippen LogP contribution in [0.5, 0.6) is 0 Å². The van der Waals surface area contributed by atoms with E-state index in [9.17, 15) is 4.79 Å². The SMILES string of the molecule is CCn1ncnc1CNC(C)CC(N)=O. The molecule has 0 aromatic carbocycles. The number of nitrogens with zero attached hydrogens (tertiary/aromatic N) is 3. The number of nitrogens with two attached hydrogens (primary N) is 1. The second-order valence-electron chi connectivity index (χ2n) is 3.44. The Kier molecular flexibility index (Phi) is 4.23. The third-order valence-corrected chi connectivity index (χ3v) is 2.11. The van der Waals surface area contributed by atoms with Crippen molar-refractivity contribution in [3.8, 4) is 0 Å². The van der Waals surface area contributed by atoms with E-state index in [-0.39, 0.29) is 11.9 Å². The minimum Gasteiger partial charge on any atom is -0.370 e. The van der Waals surface area contributed by atoms with Crippen LogP contribution in [0.4, 0.5) is 0 Å². The highest BCUT2D eigenvalue weighted by Crippen LogP contribution is 1.96. The summed E-state index contributed by atoms with van der Waals surface area (Å²) in [6.07, 6.45) is 1.86. The molecule has 6 nitrogen and oxygen atoms in total. The molecule has 1 amide bonds. The van der Waals surface area contributed by atoms with Crippen LogP contribution in [0.25, 0.3) is 0 Å². The van der Waals surface area contributed by atoms with Gasteiger partial charge in [0.05, 0.1) is 6.54 Å². The Hall–Kier alpha value is -1.43. The second kappa shape index (κ2) is 5.45. The summed E-state index contributed by atoms with van der Waals surface area (Å²) < 4.78 is 1.81. The van der Waals surface area contributed by atoms with E-state index >= 15 is 0 Å². The van der Waals surface area contributed by atoms with Gasteiger partial charge < -0.3 is 11.1 Å². The first kappa shape index (κ1) is 11.6. The zero-order valence-electron chi connectivity index (χ0n) is 9.10. The van der Waals surface area contributed by atoms with Crippen LogP contribution in [0.1, 0.15) is 26.1 Å². The average molecular weight is 211 g/mol. The first-order valence-corrected chi connectivity index (χ1v) is 5.01. The number of hydrogen-bond donors (Lipinski definition) is 2. The van der Waals surface area contributed by atoms with Gasteiger partial charge in [-0.1, -0.05) is 0 Å². The van der Waals surface area contributed by atoms with Crippen LogP contribution in [-0.4, -0.2) is 26.7 Å². The molecule has 0 saturated heterocycles. The highest BCUT2D eigenvalue weighted by Gasteiger charge is 2.07. The fourth-order valence-electron chi connectivity index (χ4n) is 1.33. The molecule has 0 aliphatic rings. The number of hydrogen-bond acceptors (Lipinski definition) is 4. The van der Waals surface area contributed by atoms with E-state index in [0.29, 0.717) is 13.0 Å². The Morgan fingerprint density at radius 1 is 1.73 bits per heavy atom. The second-order valence-corrected chi connectivity index (χ2v) is 3.44. The van der Waals surface area contributed by atoms with Crippen molar-refractivity contribution in [3.63, 3.8) is 0 Å². The Morgan fingerprint density at radius 2 is 2.47 bits per heavy atom. The number of rotatable bonds is 6. The molecule has 1 rings (SSSR count). The molecule has 15 heavy (non-hydrogen) atoms. The molecule has 1 heterocycles. The molecule has 1 aromatic heterocycles. The molecule has 84 valence electrons. The number of aromatic nitrogens is 3. The third kappa shape index (κ3) is 3.67. The van der Waals surface area contributed by atoms with Crippen LogP contribution in [0, 0.1) is 0 Å². The van der Waals surface area contributed by atoms with Crippen LogP contribution < -0.4 is 11.1 Å². The quantitative estimate of drug-likeness (QED) is 0.673. The molecule has 0 aliphatic carbocycles. The highest BCUT2D eigenvalue weighted by atomic mass is 16.1. The normalized spacial score (nSPS) is 12.7. The van der Waals surface area contributed by atoms with Crippen molar-refractivity contribution in [1.29, 1.82) is 0 Å². The summed E-state index contributed by atoms with van der Waals surface area (Å²) in [5, 5.41) is 7.21. The van der Waals surface area contributed by atoms with E-state index < -0.39 is 0 Å². The Morgan fingerprint density at radius 3 is 3.07 bits per heavy atom. The van der Waals surface area contributed by atoms with Gasteiger partial charge in [-0.15, -0.1) is 0 Å². The minimum absolute atomic E-state index is 0.0597. The molecule has 1 unspecified atom stereocenters. The van der Waals surface area contributed by atoms with Gasteiger partial charge in [-0.05, 0) is 13.8 Å². The van der Waals surface area contributed by atoms with Gasteiger partial charge in [0, 0.05) is 19.0 Å². The summed E-state index contributed by atoms with van der Waals surface area (Å²) in [4.78, 5) is 14.8. The highest BCUT2D eigenvalue weighted by molar-refractivity contribution is 5.74. The standard InChI is InChI=1S/C9H17N5O/c1-3-14-9(12-6-13-14)5-11-7(2)4-8(10)15/h6-7,11H,3-5H2,1-2H3,(H2,10,15). The minimum atomic E-state index is -0.299. The van der Waals surface area contributed by atoms with Crippen LogP contribution in [0.15, 0.2) is 6.33 Å². The van der Waals surface area contributed by atoms with Gasteiger partial charge in [-0.25, -0.2) is 9.67 Å². The first-order chi connectivity index (χ1) is 7.13. The zero-order chi connectivity index (χ0) is 11.3. The molecule has 0 bridgehead atoms. The summed E-state index contributed by atoms with van der Waals surface area (Å²) in [6, 6.07) is 0.0597. The molecule has 0 radical (unpaired) electrons. The van der Waals surface area contributed by atoms with Gasteiger partial charge in [0.1, 0.15) is 12.2 Å². The summed E-state index contributed by atoms with van der Waals surface area (Å²) in [5.74, 6) is 0.570. The average Bonchev–Trinajstić information content (AvgIpc) is 2.60. The maximum absolute atomic E-state index is 10.6. The van der Waals surface area contributed by atoms with Gasteiger partial charge in [-0.3, -0.25) is 4.79 Å². The van der Waals surface area contributed by atoms with Crippen LogP contribution >= 0.6 is 0 Å². The van der Waals surface area contributed by atoms with Crippen molar-refractivity contribution in [3.05, 3.63) is 12.2 Å². The molecule has 0 spiro atoms. The summed E-state index contributed by atoms with van der Waals surface area (Å²) >= 11 is 0. The fraction of sp³-hybridized carbons (Fsp3) is 0.667. The van der Waals surface area contributed by atoms with Gasteiger partial charge in [0.15, 0.2) is 0 Å². The van der Waals surface area contributed by atoms with Crippen LogP contribution in [0.3, 0.4) is 0 Å². The Balaban J connectivity index is 2.39. The molecular formula is C9H17N5O. The lowest BCUT2D eigenvalue weighted by molar-refractivity contribution is -0.118. The van der Waals surface area contributed by atoms with E-state index in [1.54, 1.807) is 0 Å². The van der Waals surface area contributed by atoms with E-state index in [0.717, 1.165) is 12.4 Å². The number of aryl methyl sites for hydroxylation is 1. The van der Waals surface area contributed by atoms with Crippen molar-refractivity contribution in [1.82, 2.24) is 20.1 Å². The predicted molar refractivity (Wildman–Crippen MR) is 55.8 cm³/mol. The Labute approximate surface area is 88.9 Å². The number of amides is 1. The van der Waals surface area contributed by atoms with Crippen molar-refractivity contribution >= 4 is 5.91 Å². The number of primary amides is 1. The van der Waals surface area contributed by atoms with Crippen LogP contribution in [-0.2, 0) is 17.9 Å². The van der Waals surface area contributed by atoms with Gasteiger partial charge in [-0.2, -0.15) is 5.10 Å². The number of carbonyl (C=O) groups excluding carboxylic acids is 1. The number of carbonyl (C=O) groups is 1. The van der Waals surface area contributed by atoms with Gasteiger partial charge >= 0.3 is 0 Å². The monoisotopic (exact) mass is 211 g/mol. The molecule has 6 heteroatoms. The lowest BCUT2D eigenvalue weighted by atomic mass is 10.2. The summed E-state index contributed by atoms with van der Waals surface area (Å²) in [7, 11) is 0. The zero-order valence-corrected chi connectivity index (χ0v) is 9.10. The topological polar surface area (TPSA) is 85.8 Å². The van der Waals surface area contributed by atoms with Crippen molar-refractivity contribution < 1.29 is 4.79 Å². The van der Waals surface area contributed by atoms with E-state index in [1.807, 2.05) is 18.5 Å². The van der Waals surface area contributed by atoms with Crippen LogP contribution in [0.2, 0.25) is 0 Å². The predicted octanol–water partition coefficient (Wildman–Crippen LogP) is -0.348. The van der Waals surface area contributed by atoms with Crippen molar-refractivity contribution in [2.45, 2.75) is 39.4 Å². The van der Waals surface area contributed by atoms with Gasteiger partial charge in [0.2, 0.25) is 5.91 Å². The maximum Gasteiger partial charge on any atom is 0.218 e. The number of nitrogens with one attached hydrogen (secondary N) is 1. The van der Waals surface area contributed by atoms with Gasteiger partial charge in [0.25, 0.3) is 0 Å². The van der Waals surface area contributed by atoms with E-state index in [1.165, 1.54) is 6.33 Å². The lowest BCUT2D eigenvalue weighted by Gasteiger charge is -2.11. The first-order valence-electron chi connectivity index (χ1n) is 5.01. The maximum atomic E-state index is 10.6. The van der Waals surface area contributed by atoms with E-state index in [4.69, 9.17) is 5.73 Å². The third-order valence-electron chi connectivity index (χ3n) is 2.11. The molecule has 0 saturated carbocycles. The molecule has 0 fully saturated rings. The smallest absolute Gasteiger partial charge is 0.218 e. The van der Waals surface area contributed by atoms with Crippen molar-refractivity contribution in [2.75, 3.05) is 0 Å². The largest absolute Gasteiger partial charge is 0.370 e. The molecule has 3 N–H and O–H groups in total. The summed E-state index contributed by atoms with van der Waals surface area (Å²) in [6.45, 7) is 5.31. The Bertz CT molecular complexity index is 322. The molecule has 1 aromatic rings. The lowest BCUT2D eigenvalue weighted by Crippen LogP contribution is -2.31. The summed E-state index contributed by atoms with van der Waals surface area (Å²) in [5.41, 5.74) is 5.09. The molecular weight excluding hydrogens is 194 g/mol. The molecule has 0 aliphatic heterocycles.